The fraction of sp³-hybridized carbons (Fsp3) is 0.417. The lowest BCUT2D eigenvalue weighted by molar-refractivity contribution is -0.119. The first-order valence-corrected chi connectivity index (χ1v) is 7.92. The molecule has 2 rings (SSSR count). The molecule has 0 radical (unpaired) electrons. The van der Waals surface area contributed by atoms with Crippen molar-refractivity contribution in [2.75, 3.05) is 5.32 Å². The summed E-state index contributed by atoms with van der Waals surface area (Å²) in [5.74, 6) is -0.128. The van der Waals surface area contributed by atoms with E-state index in [2.05, 4.69) is 5.32 Å². The second-order valence-electron chi connectivity index (χ2n) is 4.88. The molecule has 6 heteroatoms. The van der Waals surface area contributed by atoms with Crippen LogP contribution in [0.3, 0.4) is 0 Å². The van der Waals surface area contributed by atoms with E-state index in [0.29, 0.717) is 12.0 Å². The van der Waals surface area contributed by atoms with Gasteiger partial charge in [-0.15, -0.1) is 0 Å². The molecule has 0 bridgehead atoms. The zero-order chi connectivity index (χ0) is 13.7. The topological polar surface area (TPSA) is 63.2 Å². The van der Waals surface area contributed by atoms with Crippen LogP contribution in [0.15, 0.2) is 17.0 Å². The highest BCUT2D eigenvalue weighted by molar-refractivity contribution is 8.13. The van der Waals surface area contributed by atoms with Crippen LogP contribution in [0, 0.1) is 0 Å². The van der Waals surface area contributed by atoms with Crippen LogP contribution >= 0.6 is 10.7 Å². The Bertz CT molecular complexity index is 635. The highest BCUT2D eigenvalue weighted by Gasteiger charge is 2.40. The molecule has 0 aliphatic carbocycles. The first-order valence-electron chi connectivity index (χ1n) is 5.61. The summed E-state index contributed by atoms with van der Waals surface area (Å²) in [6, 6.07) is 3.00. The van der Waals surface area contributed by atoms with Crippen LogP contribution in [-0.2, 0) is 25.7 Å². The van der Waals surface area contributed by atoms with Gasteiger partial charge in [-0.1, -0.05) is 6.92 Å². The van der Waals surface area contributed by atoms with Crippen molar-refractivity contribution in [1.82, 2.24) is 0 Å². The van der Waals surface area contributed by atoms with Gasteiger partial charge in [-0.05, 0) is 43.5 Å². The molecule has 1 aromatic rings. The van der Waals surface area contributed by atoms with Crippen molar-refractivity contribution < 1.29 is 13.2 Å². The quantitative estimate of drug-likeness (QED) is 0.850. The average Bonchev–Trinajstić information content (AvgIpc) is 2.48. The van der Waals surface area contributed by atoms with Crippen molar-refractivity contribution in [2.45, 2.75) is 37.5 Å². The van der Waals surface area contributed by atoms with Crippen LogP contribution in [0.5, 0.6) is 0 Å². The van der Waals surface area contributed by atoms with Gasteiger partial charge in [-0.25, -0.2) is 8.42 Å². The molecule has 1 N–H and O–H groups in total. The van der Waals surface area contributed by atoms with Crippen LogP contribution in [0.1, 0.15) is 31.9 Å². The second-order valence-corrected chi connectivity index (χ2v) is 7.44. The van der Waals surface area contributed by atoms with Crippen LogP contribution in [0.25, 0.3) is 0 Å². The molecule has 0 fully saturated rings. The summed E-state index contributed by atoms with van der Waals surface area (Å²) >= 11 is 0. The molecule has 18 heavy (non-hydrogen) atoms. The Kier molecular flexibility index (Phi) is 2.94. The number of hydrogen-bond donors (Lipinski definition) is 1. The van der Waals surface area contributed by atoms with E-state index < -0.39 is 14.5 Å². The monoisotopic (exact) mass is 287 g/mol. The van der Waals surface area contributed by atoms with Crippen molar-refractivity contribution in [2.24, 2.45) is 0 Å². The van der Waals surface area contributed by atoms with Gasteiger partial charge in [0.2, 0.25) is 5.91 Å². The van der Waals surface area contributed by atoms with Gasteiger partial charge in [0.15, 0.2) is 0 Å². The van der Waals surface area contributed by atoms with Crippen molar-refractivity contribution in [3.63, 3.8) is 0 Å². The van der Waals surface area contributed by atoms with Crippen molar-refractivity contribution >= 4 is 31.3 Å². The Balaban J connectivity index is 2.77. The molecule has 1 aromatic carbocycles. The molecular formula is C12H14ClNO3S. The maximum atomic E-state index is 11.9. The number of halogens is 1. The van der Waals surface area contributed by atoms with Gasteiger partial charge in [0.1, 0.15) is 0 Å². The van der Waals surface area contributed by atoms with Crippen LogP contribution in [0.4, 0.5) is 5.69 Å². The summed E-state index contributed by atoms with van der Waals surface area (Å²) in [7, 11) is 1.59. The third-order valence-electron chi connectivity index (χ3n) is 3.34. The van der Waals surface area contributed by atoms with E-state index in [9.17, 15) is 13.2 Å². The third-order valence-corrected chi connectivity index (χ3v) is 4.67. The average molecular weight is 288 g/mol. The Labute approximate surface area is 111 Å². The molecule has 0 saturated carbocycles. The van der Waals surface area contributed by atoms with E-state index in [4.69, 9.17) is 10.7 Å². The summed E-state index contributed by atoms with van der Waals surface area (Å²) in [5.41, 5.74) is 1.45. The van der Waals surface area contributed by atoms with Crippen LogP contribution < -0.4 is 5.32 Å². The molecule has 0 atom stereocenters. The minimum Gasteiger partial charge on any atom is -0.325 e. The minimum atomic E-state index is -3.79. The highest BCUT2D eigenvalue weighted by atomic mass is 35.7. The fourth-order valence-corrected chi connectivity index (χ4v) is 2.93. The fourth-order valence-electron chi connectivity index (χ4n) is 2.13. The van der Waals surface area contributed by atoms with E-state index >= 15 is 0 Å². The van der Waals surface area contributed by atoms with E-state index in [1.807, 2.05) is 6.92 Å². The number of rotatable bonds is 2. The van der Waals surface area contributed by atoms with E-state index in [1.54, 1.807) is 13.8 Å². The zero-order valence-corrected chi connectivity index (χ0v) is 11.9. The molecule has 1 aliphatic rings. The van der Waals surface area contributed by atoms with Gasteiger partial charge < -0.3 is 5.32 Å². The SMILES string of the molecule is CCc1cc(S(=O)(=O)Cl)cc2c1NC(=O)C2(C)C. The Morgan fingerprint density at radius 1 is 1.33 bits per heavy atom. The Morgan fingerprint density at radius 2 is 1.94 bits per heavy atom. The van der Waals surface area contributed by atoms with Crippen LogP contribution in [-0.4, -0.2) is 14.3 Å². The standard InChI is InChI=1S/C12H14ClNO3S/c1-4-7-5-8(18(13,16)17)6-9-10(7)14-11(15)12(9,2)3/h5-6H,4H2,1-3H3,(H,14,15). The number of benzene rings is 1. The molecule has 0 unspecified atom stereocenters. The molecule has 0 spiro atoms. The van der Waals surface area contributed by atoms with Crippen molar-refractivity contribution in [1.29, 1.82) is 0 Å². The van der Waals surface area contributed by atoms with Crippen molar-refractivity contribution in [3.05, 3.63) is 23.3 Å². The van der Waals surface area contributed by atoms with E-state index in [0.717, 1.165) is 11.3 Å². The first-order chi connectivity index (χ1) is 8.17. The number of fused-ring (bicyclic) bond motifs is 1. The summed E-state index contributed by atoms with van der Waals surface area (Å²) in [6.07, 6.45) is 0.624. The number of amides is 1. The summed E-state index contributed by atoms with van der Waals surface area (Å²) < 4.78 is 22.9. The maximum Gasteiger partial charge on any atom is 0.261 e. The molecule has 0 aromatic heterocycles. The number of anilines is 1. The van der Waals surface area contributed by atoms with Gasteiger partial charge >= 0.3 is 0 Å². The van der Waals surface area contributed by atoms with Gasteiger partial charge in [0.25, 0.3) is 9.05 Å². The highest BCUT2D eigenvalue weighted by Crippen LogP contribution is 2.41. The number of aryl methyl sites for hydroxylation is 1. The lowest BCUT2D eigenvalue weighted by Gasteiger charge is -2.16. The Morgan fingerprint density at radius 3 is 2.44 bits per heavy atom. The summed E-state index contributed by atoms with van der Waals surface area (Å²) in [4.78, 5) is 11.9. The second kappa shape index (κ2) is 3.96. The Hall–Kier alpha value is -1.07. The van der Waals surface area contributed by atoms with Gasteiger partial charge in [-0.2, -0.15) is 0 Å². The molecular weight excluding hydrogens is 274 g/mol. The number of carbonyl (C=O) groups is 1. The lowest BCUT2D eigenvalue weighted by atomic mass is 9.85. The summed E-state index contributed by atoms with van der Waals surface area (Å²) in [6.45, 7) is 5.42. The molecule has 1 aliphatic heterocycles. The van der Waals surface area contributed by atoms with E-state index in [1.165, 1.54) is 12.1 Å². The number of carbonyl (C=O) groups excluding carboxylic acids is 1. The van der Waals surface area contributed by atoms with Gasteiger partial charge in [-0.3, -0.25) is 4.79 Å². The maximum absolute atomic E-state index is 11.9. The predicted octanol–water partition coefficient (Wildman–Crippen LogP) is 2.41. The molecule has 1 amide bonds. The van der Waals surface area contributed by atoms with Crippen molar-refractivity contribution in [3.8, 4) is 0 Å². The first kappa shape index (κ1) is 13.4. The largest absolute Gasteiger partial charge is 0.325 e. The minimum absolute atomic E-state index is 0.0457. The molecule has 1 heterocycles. The normalized spacial score (nSPS) is 17.4. The molecule has 4 nitrogen and oxygen atoms in total. The number of hydrogen-bond acceptors (Lipinski definition) is 3. The van der Waals surface area contributed by atoms with Gasteiger partial charge in [0, 0.05) is 16.4 Å². The number of nitrogens with one attached hydrogen (secondary N) is 1. The summed E-state index contributed by atoms with van der Waals surface area (Å²) in [5, 5.41) is 2.81. The third kappa shape index (κ3) is 1.91. The molecule has 0 saturated heterocycles. The van der Waals surface area contributed by atoms with Crippen LogP contribution in [0.2, 0.25) is 0 Å². The zero-order valence-electron chi connectivity index (χ0n) is 10.4. The lowest BCUT2D eigenvalue weighted by Crippen LogP contribution is -2.26. The van der Waals surface area contributed by atoms with Gasteiger partial charge in [0.05, 0.1) is 10.3 Å². The smallest absolute Gasteiger partial charge is 0.261 e. The van der Waals surface area contributed by atoms with E-state index in [-0.39, 0.29) is 10.8 Å². The predicted molar refractivity (Wildman–Crippen MR) is 70.5 cm³/mol. The molecule has 98 valence electrons.